The van der Waals surface area contributed by atoms with E-state index in [1.807, 2.05) is 6.07 Å². The molecule has 0 bridgehead atoms. The Kier molecular flexibility index (Phi) is 3.61. The first-order chi connectivity index (χ1) is 8.61. The molecule has 0 fully saturated rings. The number of anilines is 1. The number of halogens is 2. The third-order valence-electron chi connectivity index (χ3n) is 2.27. The number of para-hydroxylation sites is 1. The molecule has 0 radical (unpaired) electrons. The maximum Gasteiger partial charge on any atom is 0.168 e. The minimum absolute atomic E-state index is 0.321. The van der Waals surface area contributed by atoms with Crippen molar-refractivity contribution in [3.8, 4) is 17.6 Å². The van der Waals surface area contributed by atoms with Crippen molar-refractivity contribution < 1.29 is 4.74 Å². The van der Waals surface area contributed by atoms with Crippen molar-refractivity contribution in [2.75, 3.05) is 5.73 Å². The molecule has 0 aliphatic carbocycles. The lowest BCUT2D eigenvalue weighted by molar-refractivity contribution is 0.484. The second-order valence-corrected chi connectivity index (χ2v) is 4.36. The number of rotatable bonds is 2. The number of hydrogen-bond donors (Lipinski definition) is 1. The number of benzene rings is 2. The van der Waals surface area contributed by atoms with Crippen molar-refractivity contribution in [3.63, 3.8) is 0 Å². The highest BCUT2D eigenvalue weighted by Gasteiger charge is 2.10. The van der Waals surface area contributed by atoms with Crippen LogP contribution in [0.25, 0.3) is 0 Å². The molecule has 0 spiro atoms. The van der Waals surface area contributed by atoms with Crippen molar-refractivity contribution >= 4 is 28.9 Å². The van der Waals surface area contributed by atoms with Gasteiger partial charge in [0.05, 0.1) is 16.3 Å². The molecule has 18 heavy (non-hydrogen) atoms. The molecule has 0 atom stereocenters. The second-order valence-electron chi connectivity index (χ2n) is 3.51. The zero-order valence-corrected chi connectivity index (χ0v) is 10.7. The van der Waals surface area contributed by atoms with Crippen LogP contribution in [0.1, 0.15) is 5.56 Å². The number of nitrogens with zero attached hydrogens (tertiary/aromatic N) is 1. The second kappa shape index (κ2) is 5.18. The number of nitrogen functional groups attached to an aromatic ring is 1. The topological polar surface area (TPSA) is 59.0 Å². The van der Waals surface area contributed by atoms with E-state index >= 15 is 0 Å². The van der Waals surface area contributed by atoms with Gasteiger partial charge in [0, 0.05) is 5.02 Å². The van der Waals surface area contributed by atoms with Crippen molar-refractivity contribution in [2.24, 2.45) is 0 Å². The number of nitriles is 1. The predicted molar refractivity (Wildman–Crippen MR) is 72.1 cm³/mol. The van der Waals surface area contributed by atoms with Crippen LogP contribution in [0.5, 0.6) is 11.5 Å². The highest BCUT2D eigenvalue weighted by Crippen LogP contribution is 2.36. The van der Waals surface area contributed by atoms with Crippen LogP contribution in [-0.4, -0.2) is 0 Å². The molecule has 90 valence electrons. The lowest BCUT2D eigenvalue weighted by atomic mass is 10.2. The fourth-order valence-corrected chi connectivity index (χ4v) is 1.81. The summed E-state index contributed by atoms with van der Waals surface area (Å²) in [5.74, 6) is 0.694. The predicted octanol–water partition coefficient (Wildman–Crippen LogP) is 4.24. The highest BCUT2D eigenvalue weighted by molar-refractivity contribution is 6.32. The third kappa shape index (κ3) is 2.51. The average molecular weight is 279 g/mol. The fourth-order valence-electron chi connectivity index (χ4n) is 1.42. The Balaban J connectivity index is 2.44. The van der Waals surface area contributed by atoms with Crippen LogP contribution in [0.3, 0.4) is 0 Å². The molecule has 2 aromatic rings. The van der Waals surface area contributed by atoms with E-state index in [0.717, 1.165) is 0 Å². The Morgan fingerprint density at radius 1 is 1.17 bits per heavy atom. The molecule has 0 saturated heterocycles. The van der Waals surface area contributed by atoms with Gasteiger partial charge in [0.25, 0.3) is 0 Å². The first kappa shape index (κ1) is 12.6. The molecule has 0 aliphatic heterocycles. The molecule has 0 amide bonds. The summed E-state index contributed by atoms with van der Waals surface area (Å²) in [4.78, 5) is 0. The van der Waals surface area contributed by atoms with Gasteiger partial charge in [-0.15, -0.1) is 0 Å². The molecule has 0 heterocycles. The van der Waals surface area contributed by atoms with E-state index in [1.165, 1.54) is 6.07 Å². The lowest BCUT2D eigenvalue weighted by Gasteiger charge is -2.11. The zero-order chi connectivity index (χ0) is 13.1. The minimum atomic E-state index is 0.321. The number of nitrogens with two attached hydrogens (primary N) is 1. The summed E-state index contributed by atoms with van der Waals surface area (Å²) in [5.41, 5.74) is 6.50. The SMILES string of the molecule is N#Cc1cc(Cl)ccc1Oc1c(N)cccc1Cl. The Morgan fingerprint density at radius 2 is 1.94 bits per heavy atom. The molecule has 3 nitrogen and oxygen atoms in total. The molecule has 2 rings (SSSR count). The molecule has 0 saturated carbocycles. The van der Waals surface area contributed by atoms with Gasteiger partial charge < -0.3 is 10.5 Å². The van der Waals surface area contributed by atoms with Gasteiger partial charge in [0.1, 0.15) is 11.8 Å². The van der Waals surface area contributed by atoms with Gasteiger partial charge in [0.15, 0.2) is 5.75 Å². The van der Waals surface area contributed by atoms with Crippen molar-refractivity contribution in [1.29, 1.82) is 5.26 Å². The van der Waals surface area contributed by atoms with Gasteiger partial charge in [-0.05, 0) is 30.3 Å². The Bertz CT molecular complexity index is 615. The van der Waals surface area contributed by atoms with Crippen LogP contribution in [0, 0.1) is 11.3 Å². The van der Waals surface area contributed by atoms with Crippen LogP contribution in [0.15, 0.2) is 36.4 Å². The van der Waals surface area contributed by atoms with E-state index in [4.69, 9.17) is 38.9 Å². The summed E-state index contributed by atoms with van der Waals surface area (Å²) in [6.07, 6.45) is 0. The van der Waals surface area contributed by atoms with Crippen LogP contribution in [0.4, 0.5) is 5.69 Å². The number of ether oxygens (including phenoxy) is 1. The summed E-state index contributed by atoms with van der Waals surface area (Å²) in [6.45, 7) is 0. The van der Waals surface area contributed by atoms with Crippen molar-refractivity contribution in [2.45, 2.75) is 0 Å². The first-order valence-corrected chi connectivity index (χ1v) is 5.79. The molecule has 5 heteroatoms. The molecule has 0 unspecified atom stereocenters. The Labute approximate surface area is 114 Å². The summed E-state index contributed by atoms with van der Waals surface area (Å²) < 4.78 is 5.58. The van der Waals surface area contributed by atoms with Gasteiger partial charge in [0.2, 0.25) is 0 Å². The quantitative estimate of drug-likeness (QED) is 0.836. The van der Waals surface area contributed by atoms with E-state index in [1.54, 1.807) is 30.3 Å². The van der Waals surface area contributed by atoms with Gasteiger partial charge >= 0.3 is 0 Å². The summed E-state index contributed by atoms with van der Waals surface area (Å²) >= 11 is 11.8. The van der Waals surface area contributed by atoms with Gasteiger partial charge in [-0.3, -0.25) is 0 Å². The minimum Gasteiger partial charge on any atom is -0.452 e. The normalized spacial score (nSPS) is 9.83. The van der Waals surface area contributed by atoms with E-state index in [-0.39, 0.29) is 0 Å². The van der Waals surface area contributed by atoms with Crippen LogP contribution in [-0.2, 0) is 0 Å². The van der Waals surface area contributed by atoms with Crippen LogP contribution >= 0.6 is 23.2 Å². The summed E-state index contributed by atoms with van der Waals surface area (Å²) in [5, 5.41) is 9.85. The maximum absolute atomic E-state index is 9.01. The summed E-state index contributed by atoms with van der Waals surface area (Å²) in [6, 6.07) is 11.8. The smallest absolute Gasteiger partial charge is 0.168 e. The van der Waals surface area contributed by atoms with Crippen LogP contribution < -0.4 is 10.5 Å². The van der Waals surface area contributed by atoms with Crippen molar-refractivity contribution in [1.82, 2.24) is 0 Å². The molecule has 0 aromatic heterocycles. The Hall–Kier alpha value is -1.89. The standard InChI is InChI=1S/C13H8Cl2N2O/c14-9-4-5-12(8(6-9)7-16)18-13-10(15)2-1-3-11(13)17/h1-6H,17H2. The molecule has 2 aromatic carbocycles. The summed E-state index contributed by atoms with van der Waals surface area (Å²) in [7, 11) is 0. The highest BCUT2D eigenvalue weighted by atomic mass is 35.5. The van der Waals surface area contributed by atoms with Gasteiger partial charge in [-0.25, -0.2) is 0 Å². The van der Waals surface area contributed by atoms with E-state index in [2.05, 4.69) is 0 Å². The van der Waals surface area contributed by atoms with E-state index < -0.39 is 0 Å². The Morgan fingerprint density at radius 3 is 2.61 bits per heavy atom. The van der Waals surface area contributed by atoms with Crippen LogP contribution in [0.2, 0.25) is 10.0 Å². The largest absolute Gasteiger partial charge is 0.452 e. The zero-order valence-electron chi connectivity index (χ0n) is 9.15. The average Bonchev–Trinajstić information content (AvgIpc) is 2.35. The van der Waals surface area contributed by atoms with E-state index in [0.29, 0.717) is 32.8 Å². The number of hydrogen-bond acceptors (Lipinski definition) is 3. The lowest BCUT2D eigenvalue weighted by Crippen LogP contribution is -1.94. The first-order valence-electron chi connectivity index (χ1n) is 5.03. The monoisotopic (exact) mass is 278 g/mol. The maximum atomic E-state index is 9.01. The van der Waals surface area contributed by atoms with E-state index in [9.17, 15) is 0 Å². The molecule has 2 N–H and O–H groups in total. The molecular formula is C13H8Cl2N2O. The fraction of sp³-hybridized carbons (Fsp3) is 0. The molecule has 0 aliphatic rings. The molecular weight excluding hydrogens is 271 g/mol. The third-order valence-corrected chi connectivity index (χ3v) is 2.80. The van der Waals surface area contributed by atoms with Crippen molar-refractivity contribution in [3.05, 3.63) is 52.0 Å². The van der Waals surface area contributed by atoms with Gasteiger partial charge in [-0.2, -0.15) is 5.26 Å². The van der Waals surface area contributed by atoms with Gasteiger partial charge in [-0.1, -0.05) is 29.3 Å².